The summed E-state index contributed by atoms with van der Waals surface area (Å²) in [5.74, 6) is 0.577. The first-order valence-electron chi connectivity index (χ1n) is 18.7. The zero-order valence-corrected chi connectivity index (χ0v) is 33.4. The van der Waals surface area contributed by atoms with Crippen molar-refractivity contribution in [1.29, 1.82) is 0 Å². The molecule has 1 aliphatic carbocycles. The number of rotatable bonds is 20. The highest BCUT2D eigenvalue weighted by atomic mass is 79.9. The number of hydrogen-bond donors (Lipinski definition) is 0. The smallest absolute Gasteiger partial charge is 0.343 e. The number of ether oxygens (including phenoxy) is 6. The van der Waals surface area contributed by atoms with Crippen LogP contribution in [0.3, 0.4) is 0 Å². The summed E-state index contributed by atoms with van der Waals surface area (Å²) < 4.78 is 39.8. The van der Waals surface area contributed by atoms with E-state index in [4.69, 9.17) is 32.2 Å². The fourth-order valence-electron chi connectivity index (χ4n) is 7.42. The third kappa shape index (κ3) is 13.1. The summed E-state index contributed by atoms with van der Waals surface area (Å²) in [4.78, 5) is 29.7. The summed E-state index contributed by atoms with van der Waals surface area (Å²) in [5, 5.41) is 0. The van der Waals surface area contributed by atoms with Crippen molar-refractivity contribution in [3.8, 4) is 0 Å². The predicted octanol–water partition coefficient (Wildman–Crippen LogP) is 5.94. The molecule has 3 aliphatic rings. The van der Waals surface area contributed by atoms with E-state index < -0.39 is 11.2 Å². The molecule has 2 aliphatic heterocycles. The quantitative estimate of drug-likeness (QED) is 0.116. The average Bonchev–Trinajstić information content (AvgIpc) is 3.33. The molecule has 288 valence electrons. The second-order valence-corrected chi connectivity index (χ2v) is 15.5. The van der Waals surface area contributed by atoms with Crippen LogP contribution in [-0.2, 0) is 41.8 Å². The van der Waals surface area contributed by atoms with Crippen molar-refractivity contribution in [1.82, 2.24) is 9.80 Å². The maximum Gasteiger partial charge on any atom is 0.343 e. The van der Waals surface area contributed by atoms with Gasteiger partial charge in [-0.15, -0.1) is 0 Å². The monoisotopic (exact) mass is 780 g/mol. The molecule has 1 saturated carbocycles. The Hall–Kier alpha value is -2.06. The summed E-state index contributed by atoms with van der Waals surface area (Å²) in [6.07, 6.45) is 5.64. The van der Waals surface area contributed by atoms with E-state index in [2.05, 4.69) is 45.1 Å². The minimum Gasteiger partial charge on any atom is -0.458 e. The van der Waals surface area contributed by atoms with Crippen molar-refractivity contribution in [2.45, 2.75) is 91.3 Å². The van der Waals surface area contributed by atoms with Gasteiger partial charge in [-0.05, 0) is 103 Å². The van der Waals surface area contributed by atoms with E-state index >= 15 is 0 Å². The van der Waals surface area contributed by atoms with Gasteiger partial charge in [0.1, 0.15) is 17.8 Å². The molecule has 1 saturated heterocycles. The van der Waals surface area contributed by atoms with Gasteiger partial charge in [0, 0.05) is 45.9 Å². The van der Waals surface area contributed by atoms with Gasteiger partial charge in [0.15, 0.2) is 27.6 Å². The first-order valence-corrected chi connectivity index (χ1v) is 19.4. The highest BCUT2D eigenvalue weighted by molar-refractivity contribution is 9.06. The lowest BCUT2D eigenvalue weighted by Gasteiger charge is -2.36. The summed E-state index contributed by atoms with van der Waals surface area (Å²) >= 11 is 3.22. The minimum atomic E-state index is -0.685. The van der Waals surface area contributed by atoms with E-state index in [9.17, 15) is 9.59 Å². The molecule has 0 unspecified atom stereocenters. The Labute approximate surface area is 314 Å². The third-order valence-corrected chi connectivity index (χ3v) is 10.2. The lowest BCUT2D eigenvalue weighted by atomic mass is 9.75. The second-order valence-electron chi connectivity index (χ2n) is 15.2. The molecule has 2 fully saturated rings. The zero-order valence-electron chi connectivity index (χ0n) is 31.8. The number of piperazine rings is 1. The van der Waals surface area contributed by atoms with Gasteiger partial charge in [-0.3, -0.25) is 9.80 Å². The Morgan fingerprint density at radius 2 is 1.37 bits per heavy atom. The van der Waals surface area contributed by atoms with E-state index in [1.807, 2.05) is 34.6 Å². The van der Waals surface area contributed by atoms with Crippen LogP contribution in [0.2, 0.25) is 0 Å². The van der Waals surface area contributed by atoms with Gasteiger partial charge < -0.3 is 32.2 Å². The number of aryl methyl sites for hydroxylation is 3. The molecule has 1 aromatic rings. The van der Waals surface area contributed by atoms with Crippen LogP contribution in [0.5, 0.6) is 0 Å². The number of nitrogens with zero attached hydrogens (tertiary/aromatic N) is 2. The summed E-state index contributed by atoms with van der Waals surface area (Å²) in [7, 11) is 0. The molecule has 1 aromatic carbocycles. The Morgan fingerprint density at radius 1 is 0.843 bits per heavy atom. The van der Waals surface area contributed by atoms with E-state index in [0.717, 1.165) is 101 Å². The van der Waals surface area contributed by atoms with Crippen LogP contribution in [0, 0.1) is 26.7 Å². The van der Waals surface area contributed by atoms with E-state index in [-0.39, 0.29) is 18.5 Å². The van der Waals surface area contributed by atoms with Gasteiger partial charge in [0.05, 0.1) is 39.6 Å². The van der Waals surface area contributed by atoms with Gasteiger partial charge in [-0.25, -0.2) is 9.59 Å². The van der Waals surface area contributed by atoms with Crippen molar-refractivity contribution in [3.05, 3.63) is 40.1 Å². The molecule has 4 rings (SSSR count). The molecule has 0 amide bonds. The fraction of sp³-hybridized carbons (Fsp3) is 0.744. The molecule has 0 atom stereocenters. The molecule has 0 aromatic heterocycles. The molecule has 0 bridgehead atoms. The number of halogens is 1. The van der Waals surface area contributed by atoms with E-state index in [1.165, 1.54) is 5.56 Å². The van der Waals surface area contributed by atoms with E-state index in [1.54, 1.807) is 0 Å². The number of carbonyl (C=O) groups excluding carboxylic acids is 2. The minimum absolute atomic E-state index is 0.0475. The van der Waals surface area contributed by atoms with Crippen LogP contribution in [-0.4, -0.2) is 125 Å². The summed E-state index contributed by atoms with van der Waals surface area (Å²) in [6.45, 7) is 21.7. The van der Waals surface area contributed by atoms with Crippen molar-refractivity contribution >= 4 is 33.8 Å². The molecule has 51 heavy (non-hydrogen) atoms. The van der Waals surface area contributed by atoms with Crippen LogP contribution in [0.1, 0.15) is 81.5 Å². The van der Waals surface area contributed by atoms with Crippen LogP contribution in [0.4, 0.5) is 0 Å². The lowest BCUT2D eigenvalue weighted by Crippen LogP contribution is -2.48. The van der Waals surface area contributed by atoms with Crippen LogP contribution >= 0.6 is 16.3 Å². The maximum absolute atomic E-state index is 13.2. The largest absolute Gasteiger partial charge is 0.458 e. The number of hydrogen-bond acceptors (Lipinski definition) is 11. The summed E-state index contributed by atoms with van der Waals surface area (Å²) in [5.41, 5.74) is 3.60. The first-order chi connectivity index (χ1) is 24.4. The first kappa shape index (κ1) is 41.7. The molecule has 11 nitrogen and oxygen atoms in total. The van der Waals surface area contributed by atoms with Crippen molar-refractivity contribution in [2.24, 2.45) is 5.92 Å². The molecule has 2 heterocycles. The highest BCUT2D eigenvalue weighted by Crippen LogP contribution is 2.50. The predicted molar refractivity (Wildman–Crippen MR) is 200 cm³/mol. The molecule has 0 radical (unpaired) electrons. The maximum atomic E-state index is 13.2. The topological polar surface area (TPSA) is 105 Å². The second kappa shape index (κ2) is 20.4. The van der Waals surface area contributed by atoms with Gasteiger partial charge in [0.25, 0.3) is 0 Å². The average molecular weight is 782 g/mol. The Morgan fingerprint density at radius 3 is 1.90 bits per heavy atom. The van der Waals surface area contributed by atoms with Crippen LogP contribution < -0.4 is 0 Å². The van der Waals surface area contributed by atoms with E-state index in [0.29, 0.717) is 56.9 Å². The van der Waals surface area contributed by atoms with Crippen molar-refractivity contribution in [3.63, 3.8) is 0 Å². The third-order valence-electron chi connectivity index (χ3n) is 9.90. The highest BCUT2D eigenvalue weighted by Gasteiger charge is 2.52. The summed E-state index contributed by atoms with van der Waals surface area (Å²) in [6, 6.07) is 4.21. The Balaban J connectivity index is 0.983. The van der Waals surface area contributed by atoms with Gasteiger partial charge in [-0.2, -0.15) is 0 Å². The SMILES string of the molecule is Cc1cc(C)c(C2=C(OBr)[C@]3(CC[C@H](CCCOCCOCCN4CCN(CCOCCOCC(=O)OC(C)(C)C)CC4)CC3)OC2=O)c(C)c1. The normalized spacial score (nSPS) is 21.8. The number of carbonyl (C=O) groups is 2. The lowest BCUT2D eigenvalue weighted by molar-refractivity contribution is -0.160. The Kier molecular flexibility index (Phi) is 16.7. The van der Waals surface area contributed by atoms with Crippen LogP contribution in [0.15, 0.2) is 17.9 Å². The van der Waals surface area contributed by atoms with Gasteiger partial charge in [-0.1, -0.05) is 17.7 Å². The van der Waals surface area contributed by atoms with Gasteiger partial charge >= 0.3 is 11.9 Å². The molecular weight excluding hydrogens is 720 g/mol. The van der Waals surface area contributed by atoms with Crippen molar-refractivity contribution < 1.29 is 41.8 Å². The van der Waals surface area contributed by atoms with Crippen LogP contribution in [0.25, 0.3) is 5.57 Å². The molecule has 12 heteroatoms. The standard InChI is InChI=1S/C39H61BrN2O9/c1-29-26-30(2)34(31(3)27-29)35-36(51-40)39(50-37(35)44)11-9-32(10-12-39)8-7-19-45-22-23-46-20-17-41-13-15-42(16-14-41)18-21-47-24-25-48-28-33(43)49-38(4,5)6/h26-27,32H,7-25,28H2,1-6H3/t32-,39+. The molecule has 0 N–H and O–H groups in total. The number of esters is 2. The van der Waals surface area contributed by atoms with Crippen molar-refractivity contribution in [2.75, 3.05) is 92.1 Å². The van der Waals surface area contributed by atoms with Gasteiger partial charge in [0.2, 0.25) is 0 Å². The molecular formula is C39H61BrN2O9. The zero-order chi connectivity index (χ0) is 36.9. The number of benzene rings is 1. The fourth-order valence-corrected chi connectivity index (χ4v) is 7.88. The molecule has 1 spiro atoms. The Bertz CT molecular complexity index is 1270.